The minimum Gasteiger partial charge on any atom is -0.494 e. The van der Waals surface area contributed by atoms with E-state index in [0.717, 1.165) is 47.6 Å². The number of hydrogen-bond acceptors (Lipinski definition) is 3. The number of nitrogens with zero attached hydrogens (tertiary/aromatic N) is 1. The van der Waals surface area contributed by atoms with E-state index in [9.17, 15) is 4.79 Å². The van der Waals surface area contributed by atoms with Gasteiger partial charge in [-0.15, -0.1) is 0 Å². The SMILES string of the molecule is O=C1/C(=C/c2ccccc2)Cc2cc(OCCCN3CCCCC3)ccc21. The third kappa shape index (κ3) is 4.48. The van der Waals surface area contributed by atoms with Gasteiger partial charge in [-0.25, -0.2) is 0 Å². The predicted octanol–water partition coefficient (Wildman–Crippen LogP) is 4.76. The van der Waals surface area contributed by atoms with E-state index in [1.54, 1.807) is 0 Å². The van der Waals surface area contributed by atoms with Gasteiger partial charge in [0.1, 0.15) is 5.75 Å². The average Bonchev–Trinajstić information content (AvgIpc) is 3.02. The normalized spacial score (nSPS) is 18.7. The highest BCUT2D eigenvalue weighted by Crippen LogP contribution is 2.30. The van der Waals surface area contributed by atoms with Crippen LogP contribution in [0.15, 0.2) is 54.1 Å². The second kappa shape index (κ2) is 8.53. The van der Waals surface area contributed by atoms with Crippen molar-refractivity contribution in [3.63, 3.8) is 0 Å². The van der Waals surface area contributed by atoms with Crippen LogP contribution in [0.2, 0.25) is 0 Å². The summed E-state index contributed by atoms with van der Waals surface area (Å²) in [6, 6.07) is 15.9. The minimum absolute atomic E-state index is 0.144. The van der Waals surface area contributed by atoms with Crippen LogP contribution in [0.5, 0.6) is 5.75 Å². The van der Waals surface area contributed by atoms with E-state index in [4.69, 9.17) is 4.74 Å². The molecule has 0 atom stereocenters. The highest BCUT2D eigenvalue weighted by atomic mass is 16.5. The molecule has 0 unspecified atom stereocenters. The Balaban J connectivity index is 1.34. The van der Waals surface area contributed by atoms with Crippen LogP contribution in [0, 0.1) is 0 Å². The molecule has 1 aliphatic carbocycles. The number of Topliss-reactive ketones (excluding diaryl/α,β-unsaturated/α-hetero) is 1. The standard InChI is InChI=1S/C24H27NO2/c26-24-21(16-19-8-3-1-4-9-19)17-20-18-22(10-11-23(20)24)27-15-7-14-25-12-5-2-6-13-25/h1,3-4,8-11,16,18H,2,5-7,12-15,17H2/b21-16+. The third-order valence-electron chi connectivity index (χ3n) is 5.47. The quantitative estimate of drug-likeness (QED) is 0.549. The van der Waals surface area contributed by atoms with Crippen LogP contribution in [0.4, 0.5) is 0 Å². The van der Waals surface area contributed by atoms with Crippen molar-refractivity contribution in [2.75, 3.05) is 26.2 Å². The highest BCUT2D eigenvalue weighted by Gasteiger charge is 2.25. The molecule has 0 spiro atoms. The Bertz CT molecular complexity index is 820. The maximum Gasteiger partial charge on any atom is 0.189 e. The molecule has 0 aromatic heterocycles. The van der Waals surface area contributed by atoms with Gasteiger partial charge in [0.15, 0.2) is 5.78 Å². The zero-order valence-corrected chi connectivity index (χ0v) is 15.8. The van der Waals surface area contributed by atoms with Crippen molar-refractivity contribution in [3.8, 4) is 5.75 Å². The van der Waals surface area contributed by atoms with Gasteiger partial charge in [0.05, 0.1) is 6.61 Å². The third-order valence-corrected chi connectivity index (χ3v) is 5.47. The fourth-order valence-electron chi connectivity index (χ4n) is 4.01. The Labute approximate surface area is 161 Å². The number of hydrogen-bond donors (Lipinski definition) is 0. The number of ketones is 1. The molecule has 1 saturated heterocycles. The molecule has 3 heteroatoms. The number of carbonyl (C=O) groups is 1. The average molecular weight is 361 g/mol. The van der Waals surface area contributed by atoms with E-state index in [0.29, 0.717) is 6.42 Å². The van der Waals surface area contributed by atoms with Crippen molar-refractivity contribution in [2.45, 2.75) is 32.1 Å². The van der Waals surface area contributed by atoms with Crippen LogP contribution < -0.4 is 4.74 Å². The smallest absolute Gasteiger partial charge is 0.189 e. The molecule has 0 saturated carbocycles. The van der Waals surface area contributed by atoms with Crippen molar-refractivity contribution < 1.29 is 9.53 Å². The van der Waals surface area contributed by atoms with Crippen LogP contribution in [-0.2, 0) is 6.42 Å². The molecule has 1 fully saturated rings. The van der Waals surface area contributed by atoms with Gasteiger partial charge in [0.2, 0.25) is 0 Å². The van der Waals surface area contributed by atoms with Gasteiger partial charge >= 0.3 is 0 Å². The second-order valence-corrected chi connectivity index (χ2v) is 7.51. The molecule has 3 nitrogen and oxygen atoms in total. The zero-order valence-electron chi connectivity index (χ0n) is 15.8. The first-order chi connectivity index (χ1) is 13.3. The summed E-state index contributed by atoms with van der Waals surface area (Å²) in [6.45, 7) is 4.32. The summed E-state index contributed by atoms with van der Waals surface area (Å²) in [5.41, 5.74) is 3.83. The van der Waals surface area contributed by atoms with Gasteiger partial charge in [-0.1, -0.05) is 36.8 Å². The van der Waals surface area contributed by atoms with Gasteiger partial charge < -0.3 is 9.64 Å². The number of likely N-dealkylation sites (tertiary alicyclic amines) is 1. The molecule has 0 amide bonds. The summed E-state index contributed by atoms with van der Waals surface area (Å²) in [5, 5.41) is 0. The van der Waals surface area contributed by atoms with Gasteiger partial charge in [-0.05, 0) is 67.8 Å². The fraction of sp³-hybridized carbons (Fsp3) is 0.375. The lowest BCUT2D eigenvalue weighted by molar-refractivity contribution is 0.104. The molecule has 4 rings (SSSR count). The molecule has 0 radical (unpaired) electrons. The number of rotatable bonds is 6. The van der Waals surface area contributed by atoms with Crippen LogP contribution >= 0.6 is 0 Å². The monoisotopic (exact) mass is 361 g/mol. The van der Waals surface area contributed by atoms with E-state index in [2.05, 4.69) is 4.90 Å². The summed E-state index contributed by atoms with van der Waals surface area (Å²) < 4.78 is 5.95. The molecule has 1 aliphatic heterocycles. The Hall–Kier alpha value is -2.39. The molecule has 2 aliphatic rings. The fourth-order valence-corrected chi connectivity index (χ4v) is 4.01. The van der Waals surface area contributed by atoms with Gasteiger partial charge in [0, 0.05) is 24.1 Å². The van der Waals surface area contributed by atoms with E-state index in [1.165, 1.54) is 32.4 Å². The predicted molar refractivity (Wildman–Crippen MR) is 109 cm³/mol. The molecule has 27 heavy (non-hydrogen) atoms. The Kier molecular flexibility index (Phi) is 5.69. The van der Waals surface area contributed by atoms with Crippen LogP contribution in [0.3, 0.4) is 0 Å². The lowest BCUT2D eigenvalue weighted by Gasteiger charge is -2.26. The molecule has 140 valence electrons. The molecule has 2 aromatic carbocycles. The molecule has 1 heterocycles. The van der Waals surface area contributed by atoms with Crippen molar-refractivity contribution in [2.24, 2.45) is 0 Å². The molecular formula is C24H27NO2. The van der Waals surface area contributed by atoms with E-state index >= 15 is 0 Å². The van der Waals surface area contributed by atoms with Crippen LogP contribution in [0.25, 0.3) is 6.08 Å². The summed E-state index contributed by atoms with van der Waals surface area (Å²) in [7, 11) is 0. The summed E-state index contributed by atoms with van der Waals surface area (Å²) in [6.07, 6.45) is 7.78. The van der Waals surface area contributed by atoms with Gasteiger partial charge in [0.25, 0.3) is 0 Å². The maximum absolute atomic E-state index is 12.6. The first-order valence-corrected chi connectivity index (χ1v) is 10.1. The minimum atomic E-state index is 0.144. The lowest BCUT2D eigenvalue weighted by atomic mass is 10.1. The lowest BCUT2D eigenvalue weighted by Crippen LogP contribution is -2.31. The highest BCUT2D eigenvalue weighted by molar-refractivity contribution is 6.15. The van der Waals surface area contributed by atoms with E-state index in [-0.39, 0.29) is 5.78 Å². The summed E-state index contributed by atoms with van der Waals surface area (Å²) >= 11 is 0. The second-order valence-electron chi connectivity index (χ2n) is 7.51. The number of piperidine rings is 1. The first-order valence-electron chi connectivity index (χ1n) is 10.1. The van der Waals surface area contributed by atoms with E-state index < -0.39 is 0 Å². The van der Waals surface area contributed by atoms with E-state index in [1.807, 2.05) is 54.6 Å². The Morgan fingerprint density at radius 2 is 1.81 bits per heavy atom. The topological polar surface area (TPSA) is 29.5 Å². The Morgan fingerprint density at radius 3 is 2.63 bits per heavy atom. The molecular weight excluding hydrogens is 334 g/mol. The Morgan fingerprint density at radius 1 is 1.00 bits per heavy atom. The number of benzene rings is 2. The molecule has 0 N–H and O–H groups in total. The van der Waals surface area contributed by atoms with Crippen molar-refractivity contribution in [1.82, 2.24) is 4.90 Å². The largest absolute Gasteiger partial charge is 0.494 e. The molecule has 2 aromatic rings. The van der Waals surface area contributed by atoms with Crippen molar-refractivity contribution in [1.29, 1.82) is 0 Å². The maximum atomic E-state index is 12.6. The number of allylic oxidation sites excluding steroid dienone is 1. The number of fused-ring (bicyclic) bond motifs is 1. The first kappa shape index (κ1) is 18.0. The summed E-state index contributed by atoms with van der Waals surface area (Å²) in [4.78, 5) is 15.2. The van der Waals surface area contributed by atoms with Gasteiger partial charge in [-0.3, -0.25) is 4.79 Å². The van der Waals surface area contributed by atoms with Crippen LogP contribution in [0.1, 0.15) is 47.2 Å². The van der Waals surface area contributed by atoms with Gasteiger partial charge in [-0.2, -0.15) is 0 Å². The molecule has 0 bridgehead atoms. The van der Waals surface area contributed by atoms with Crippen molar-refractivity contribution in [3.05, 3.63) is 70.8 Å². The zero-order chi connectivity index (χ0) is 18.5. The number of ether oxygens (including phenoxy) is 1. The van der Waals surface area contributed by atoms with Crippen LogP contribution in [-0.4, -0.2) is 36.9 Å². The van der Waals surface area contributed by atoms with Crippen molar-refractivity contribution >= 4 is 11.9 Å². The number of carbonyl (C=O) groups excluding carboxylic acids is 1. The summed E-state index contributed by atoms with van der Waals surface area (Å²) in [5.74, 6) is 1.02.